The maximum absolute atomic E-state index is 10.7. The lowest BCUT2D eigenvalue weighted by atomic mass is 10.3. The SMILES string of the molecule is CC(CNc1cccc(C(=O)O)n1)N(C)C. The number of likely N-dealkylation sites (N-methyl/N-ethyl adjacent to an activating group) is 1. The van der Waals surface area contributed by atoms with Gasteiger partial charge in [-0.1, -0.05) is 6.07 Å². The molecule has 0 radical (unpaired) electrons. The molecule has 0 fully saturated rings. The third kappa shape index (κ3) is 3.51. The Morgan fingerprint density at radius 1 is 1.56 bits per heavy atom. The molecular formula is C11H17N3O2. The molecule has 0 aliphatic rings. The van der Waals surface area contributed by atoms with Crippen molar-refractivity contribution >= 4 is 11.8 Å². The van der Waals surface area contributed by atoms with E-state index < -0.39 is 5.97 Å². The molecule has 0 aliphatic carbocycles. The number of rotatable bonds is 5. The lowest BCUT2D eigenvalue weighted by Gasteiger charge is -2.20. The van der Waals surface area contributed by atoms with E-state index in [-0.39, 0.29) is 5.69 Å². The fraction of sp³-hybridized carbons (Fsp3) is 0.455. The van der Waals surface area contributed by atoms with Gasteiger partial charge < -0.3 is 15.3 Å². The van der Waals surface area contributed by atoms with Gasteiger partial charge in [0, 0.05) is 12.6 Å². The first-order valence-corrected chi connectivity index (χ1v) is 5.11. The summed E-state index contributed by atoms with van der Waals surface area (Å²) in [7, 11) is 3.99. The van der Waals surface area contributed by atoms with Crippen molar-refractivity contribution in [1.29, 1.82) is 0 Å². The van der Waals surface area contributed by atoms with Crippen LogP contribution < -0.4 is 5.32 Å². The van der Waals surface area contributed by atoms with E-state index in [4.69, 9.17) is 5.11 Å². The largest absolute Gasteiger partial charge is 0.477 e. The molecule has 0 amide bonds. The van der Waals surface area contributed by atoms with Crippen LogP contribution in [0.25, 0.3) is 0 Å². The number of anilines is 1. The molecule has 0 saturated carbocycles. The Morgan fingerprint density at radius 2 is 2.25 bits per heavy atom. The van der Waals surface area contributed by atoms with Crippen molar-refractivity contribution in [3.63, 3.8) is 0 Å². The van der Waals surface area contributed by atoms with E-state index in [1.165, 1.54) is 6.07 Å². The third-order valence-corrected chi connectivity index (χ3v) is 2.43. The number of nitrogens with zero attached hydrogens (tertiary/aromatic N) is 2. The van der Waals surface area contributed by atoms with Gasteiger partial charge in [-0.2, -0.15) is 0 Å². The number of hydrogen-bond acceptors (Lipinski definition) is 4. The molecule has 1 unspecified atom stereocenters. The molecule has 1 atom stereocenters. The molecule has 88 valence electrons. The first kappa shape index (κ1) is 12.4. The van der Waals surface area contributed by atoms with Crippen LogP contribution in [0.2, 0.25) is 0 Å². The van der Waals surface area contributed by atoms with Crippen molar-refractivity contribution in [2.24, 2.45) is 0 Å². The quantitative estimate of drug-likeness (QED) is 0.783. The number of carboxylic acids is 1. The van der Waals surface area contributed by atoms with Crippen LogP contribution in [0.5, 0.6) is 0 Å². The summed E-state index contributed by atoms with van der Waals surface area (Å²) in [6, 6.07) is 5.27. The predicted octanol–water partition coefficient (Wildman–Crippen LogP) is 1.14. The van der Waals surface area contributed by atoms with Gasteiger partial charge in [0.25, 0.3) is 0 Å². The minimum Gasteiger partial charge on any atom is -0.477 e. The summed E-state index contributed by atoms with van der Waals surface area (Å²) in [4.78, 5) is 16.8. The normalized spacial score (nSPS) is 12.5. The highest BCUT2D eigenvalue weighted by Crippen LogP contribution is 2.05. The number of carboxylic acid groups (broad SMARTS) is 1. The summed E-state index contributed by atoms with van der Waals surface area (Å²) in [5, 5.41) is 11.9. The number of aromatic carboxylic acids is 1. The third-order valence-electron chi connectivity index (χ3n) is 2.43. The Balaban J connectivity index is 2.61. The molecule has 1 heterocycles. The molecule has 1 rings (SSSR count). The summed E-state index contributed by atoms with van der Waals surface area (Å²) in [6.45, 7) is 2.80. The average Bonchev–Trinajstić information content (AvgIpc) is 2.26. The molecule has 0 saturated heterocycles. The van der Waals surface area contributed by atoms with E-state index in [0.29, 0.717) is 11.9 Å². The monoisotopic (exact) mass is 223 g/mol. The van der Waals surface area contributed by atoms with Crippen molar-refractivity contribution in [3.8, 4) is 0 Å². The highest BCUT2D eigenvalue weighted by atomic mass is 16.4. The van der Waals surface area contributed by atoms with E-state index in [1.54, 1.807) is 12.1 Å². The van der Waals surface area contributed by atoms with Crippen LogP contribution >= 0.6 is 0 Å². The van der Waals surface area contributed by atoms with Crippen LogP contribution in [0.15, 0.2) is 18.2 Å². The Morgan fingerprint density at radius 3 is 2.81 bits per heavy atom. The molecule has 1 aromatic rings. The molecule has 0 aliphatic heterocycles. The lowest BCUT2D eigenvalue weighted by molar-refractivity contribution is 0.0690. The van der Waals surface area contributed by atoms with Gasteiger partial charge in [-0.3, -0.25) is 0 Å². The van der Waals surface area contributed by atoms with E-state index in [1.807, 2.05) is 14.1 Å². The summed E-state index contributed by atoms with van der Waals surface area (Å²) < 4.78 is 0. The van der Waals surface area contributed by atoms with Gasteiger partial charge in [-0.15, -0.1) is 0 Å². The predicted molar refractivity (Wildman–Crippen MR) is 62.8 cm³/mol. The highest BCUT2D eigenvalue weighted by molar-refractivity contribution is 5.85. The van der Waals surface area contributed by atoms with Crippen molar-refractivity contribution < 1.29 is 9.90 Å². The van der Waals surface area contributed by atoms with Crippen LogP contribution in [0.1, 0.15) is 17.4 Å². The minimum atomic E-state index is -1.01. The van der Waals surface area contributed by atoms with E-state index in [9.17, 15) is 4.79 Å². The molecule has 2 N–H and O–H groups in total. The van der Waals surface area contributed by atoms with Gasteiger partial charge in [0.15, 0.2) is 5.69 Å². The molecule has 0 spiro atoms. The lowest BCUT2D eigenvalue weighted by Crippen LogP contribution is -2.31. The maximum Gasteiger partial charge on any atom is 0.354 e. The molecule has 1 aromatic heterocycles. The van der Waals surface area contributed by atoms with Crippen LogP contribution in [0, 0.1) is 0 Å². The van der Waals surface area contributed by atoms with E-state index in [0.717, 1.165) is 6.54 Å². The number of aromatic nitrogens is 1. The van der Waals surface area contributed by atoms with Gasteiger partial charge in [0.05, 0.1) is 0 Å². The Hall–Kier alpha value is -1.62. The highest BCUT2D eigenvalue weighted by Gasteiger charge is 2.07. The van der Waals surface area contributed by atoms with Gasteiger partial charge in [-0.05, 0) is 33.2 Å². The zero-order valence-corrected chi connectivity index (χ0v) is 9.77. The minimum absolute atomic E-state index is 0.0579. The summed E-state index contributed by atoms with van der Waals surface area (Å²) in [5.74, 6) is -0.419. The molecular weight excluding hydrogens is 206 g/mol. The zero-order chi connectivity index (χ0) is 12.1. The fourth-order valence-electron chi connectivity index (χ4n) is 1.09. The summed E-state index contributed by atoms with van der Waals surface area (Å²) in [5.41, 5.74) is 0.0579. The molecule has 16 heavy (non-hydrogen) atoms. The maximum atomic E-state index is 10.7. The van der Waals surface area contributed by atoms with E-state index >= 15 is 0 Å². The Bertz CT molecular complexity index is 366. The van der Waals surface area contributed by atoms with Crippen molar-refractivity contribution in [3.05, 3.63) is 23.9 Å². The smallest absolute Gasteiger partial charge is 0.354 e. The molecule has 5 nitrogen and oxygen atoms in total. The second-order valence-electron chi connectivity index (χ2n) is 3.91. The fourth-order valence-corrected chi connectivity index (χ4v) is 1.09. The van der Waals surface area contributed by atoms with Crippen LogP contribution in [-0.4, -0.2) is 47.6 Å². The number of hydrogen-bond donors (Lipinski definition) is 2. The summed E-state index contributed by atoms with van der Waals surface area (Å²) in [6.07, 6.45) is 0. The average molecular weight is 223 g/mol. The zero-order valence-electron chi connectivity index (χ0n) is 9.77. The van der Waals surface area contributed by atoms with Crippen LogP contribution in [0.3, 0.4) is 0 Å². The van der Waals surface area contributed by atoms with Gasteiger partial charge >= 0.3 is 5.97 Å². The van der Waals surface area contributed by atoms with Gasteiger partial charge in [0.1, 0.15) is 5.82 Å². The van der Waals surface area contributed by atoms with Crippen molar-refractivity contribution in [2.75, 3.05) is 26.0 Å². The second-order valence-corrected chi connectivity index (χ2v) is 3.91. The van der Waals surface area contributed by atoms with Crippen molar-refractivity contribution in [1.82, 2.24) is 9.88 Å². The number of carbonyl (C=O) groups is 1. The molecule has 0 aromatic carbocycles. The van der Waals surface area contributed by atoms with Gasteiger partial charge in [-0.25, -0.2) is 9.78 Å². The molecule has 5 heteroatoms. The second kappa shape index (κ2) is 5.46. The summed E-state index contributed by atoms with van der Waals surface area (Å²) >= 11 is 0. The van der Waals surface area contributed by atoms with Crippen LogP contribution in [-0.2, 0) is 0 Å². The topological polar surface area (TPSA) is 65.5 Å². The first-order valence-electron chi connectivity index (χ1n) is 5.11. The van der Waals surface area contributed by atoms with Crippen LogP contribution in [0.4, 0.5) is 5.82 Å². The first-order chi connectivity index (χ1) is 7.50. The Kier molecular flexibility index (Phi) is 4.25. The standard InChI is InChI=1S/C11H17N3O2/c1-8(14(2)3)7-12-10-6-4-5-9(13-10)11(15)16/h4-6,8H,7H2,1-3H3,(H,12,13)(H,15,16). The number of nitrogens with one attached hydrogen (secondary N) is 1. The number of pyridine rings is 1. The molecule has 0 bridgehead atoms. The Labute approximate surface area is 95.1 Å². The van der Waals surface area contributed by atoms with E-state index in [2.05, 4.69) is 22.1 Å². The van der Waals surface area contributed by atoms with Gasteiger partial charge in [0.2, 0.25) is 0 Å². The van der Waals surface area contributed by atoms with Crippen molar-refractivity contribution in [2.45, 2.75) is 13.0 Å².